The lowest BCUT2D eigenvalue weighted by molar-refractivity contribution is 0.0479. The molecule has 1 N–H and O–H groups in total. The molecule has 0 aromatic heterocycles. The Labute approximate surface area is 106 Å². The second-order valence-corrected chi connectivity index (χ2v) is 5.92. The Bertz CT molecular complexity index is 226. The highest BCUT2D eigenvalue weighted by Gasteiger charge is 2.37. The average Bonchev–Trinajstić information content (AvgIpc) is 2.95. The third-order valence-electron chi connectivity index (χ3n) is 4.44. The van der Waals surface area contributed by atoms with Crippen molar-refractivity contribution in [2.24, 2.45) is 5.92 Å². The van der Waals surface area contributed by atoms with E-state index in [9.17, 15) is 0 Å². The number of hydrogen-bond donors (Lipinski definition) is 1. The SMILES string of the molecule is COCC(C(C)C)N1CCCC1C1CCCN1. The van der Waals surface area contributed by atoms with Gasteiger partial charge in [0.2, 0.25) is 0 Å². The standard InChI is InChI=1S/C14H28N2O/c1-11(2)14(10-17-3)16-9-5-7-13(16)12-6-4-8-15-12/h11-15H,4-10H2,1-3H3. The third-order valence-corrected chi connectivity index (χ3v) is 4.44. The molecule has 17 heavy (non-hydrogen) atoms. The first-order valence-electron chi connectivity index (χ1n) is 7.22. The van der Waals surface area contributed by atoms with E-state index in [1.807, 2.05) is 7.11 Å². The fourth-order valence-corrected chi connectivity index (χ4v) is 3.54. The van der Waals surface area contributed by atoms with Crippen molar-refractivity contribution in [1.82, 2.24) is 10.2 Å². The zero-order valence-electron chi connectivity index (χ0n) is 11.6. The highest BCUT2D eigenvalue weighted by atomic mass is 16.5. The lowest BCUT2D eigenvalue weighted by Gasteiger charge is -2.38. The number of methoxy groups -OCH3 is 1. The molecule has 0 saturated carbocycles. The van der Waals surface area contributed by atoms with Gasteiger partial charge in [-0.05, 0) is 44.7 Å². The molecule has 3 atom stereocenters. The van der Waals surface area contributed by atoms with E-state index in [4.69, 9.17) is 4.74 Å². The van der Waals surface area contributed by atoms with E-state index >= 15 is 0 Å². The number of rotatable bonds is 5. The van der Waals surface area contributed by atoms with Crippen molar-refractivity contribution in [1.29, 1.82) is 0 Å². The summed E-state index contributed by atoms with van der Waals surface area (Å²) in [6.07, 6.45) is 5.44. The first kappa shape index (κ1) is 13.3. The zero-order valence-corrected chi connectivity index (χ0v) is 11.6. The summed E-state index contributed by atoms with van der Waals surface area (Å²) in [6, 6.07) is 2.07. The van der Waals surface area contributed by atoms with Crippen molar-refractivity contribution in [2.75, 3.05) is 26.8 Å². The molecule has 0 radical (unpaired) electrons. The number of hydrogen-bond acceptors (Lipinski definition) is 3. The Kier molecular flexibility index (Phi) is 4.83. The van der Waals surface area contributed by atoms with E-state index < -0.39 is 0 Å². The van der Waals surface area contributed by atoms with E-state index in [0.717, 1.165) is 18.7 Å². The lowest BCUT2D eigenvalue weighted by atomic mass is 9.98. The fraction of sp³-hybridized carbons (Fsp3) is 1.00. The zero-order chi connectivity index (χ0) is 12.3. The molecule has 2 rings (SSSR count). The monoisotopic (exact) mass is 240 g/mol. The van der Waals surface area contributed by atoms with Crippen molar-refractivity contribution in [2.45, 2.75) is 57.7 Å². The topological polar surface area (TPSA) is 24.5 Å². The van der Waals surface area contributed by atoms with Gasteiger partial charge in [-0.15, -0.1) is 0 Å². The minimum atomic E-state index is 0.592. The van der Waals surface area contributed by atoms with E-state index in [0.29, 0.717) is 12.0 Å². The predicted molar refractivity (Wildman–Crippen MR) is 71.3 cm³/mol. The Balaban J connectivity index is 2.00. The summed E-state index contributed by atoms with van der Waals surface area (Å²) in [5.41, 5.74) is 0. The number of nitrogens with zero attached hydrogens (tertiary/aromatic N) is 1. The van der Waals surface area contributed by atoms with Gasteiger partial charge in [-0.1, -0.05) is 13.8 Å². The maximum absolute atomic E-state index is 5.43. The van der Waals surface area contributed by atoms with Gasteiger partial charge < -0.3 is 10.1 Å². The van der Waals surface area contributed by atoms with E-state index in [-0.39, 0.29) is 0 Å². The minimum Gasteiger partial charge on any atom is -0.383 e. The third kappa shape index (κ3) is 3.01. The maximum Gasteiger partial charge on any atom is 0.0620 e. The first-order valence-corrected chi connectivity index (χ1v) is 7.22. The molecule has 0 amide bonds. The molecule has 0 spiro atoms. The summed E-state index contributed by atoms with van der Waals surface area (Å²) < 4.78 is 5.43. The molecule has 0 bridgehead atoms. The summed E-state index contributed by atoms with van der Waals surface area (Å²) >= 11 is 0. The van der Waals surface area contributed by atoms with Gasteiger partial charge in [-0.25, -0.2) is 0 Å². The predicted octanol–water partition coefficient (Wildman–Crippen LogP) is 1.87. The molecule has 2 heterocycles. The quantitative estimate of drug-likeness (QED) is 0.794. The van der Waals surface area contributed by atoms with E-state index in [1.54, 1.807) is 0 Å². The Morgan fingerprint density at radius 2 is 2.12 bits per heavy atom. The van der Waals surface area contributed by atoms with Crippen molar-refractivity contribution in [3.05, 3.63) is 0 Å². The molecule has 0 aromatic rings. The van der Waals surface area contributed by atoms with Crippen LogP contribution in [0, 0.1) is 5.92 Å². The molecule has 2 saturated heterocycles. The van der Waals surface area contributed by atoms with Crippen LogP contribution in [0.1, 0.15) is 39.5 Å². The summed E-state index contributed by atoms with van der Waals surface area (Å²) in [5.74, 6) is 0.678. The maximum atomic E-state index is 5.43. The molecule has 2 aliphatic rings. The van der Waals surface area contributed by atoms with Crippen LogP contribution in [0.4, 0.5) is 0 Å². The number of nitrogens with one attached hydrogen (secondary N) is 1. The van der Waals surface area contributed by atoms with Crippen LogP contribution < -0.4 is 5.32 Å². The van der Waals surface area contributed by atoms with Crippen LogP contribution in [0.5, 0.6) is 0 Å². The Morgan fingerprint density at radius 3 is 2.71 bits per heavy atom. The molecule has 2 aliphatic heterocycles. The van der Waals surface area contributed by atoms with Crippen molar-refractivity contribution < 1.29 is 4.74 Å². The average molecular weight is 240 g/mol. The van der Waals surface area contributed by atoms with Gasteiger partial charge in [-0.2, -0.15) is 0 Å². The van der Waals surface area contributed by atoms with E-state index in [2.05, 4.69) is 24.1 Å². The Morgan fingerprint density at radius 1 is 1.29 bits per heavy atom. The van der Waals surface area contributed by atoms with Gasteiger partial charge in [0.15, 0.2) is 0 Å². The van der Waals surface area contributed by atoms with Gasteiger partial charge in [0.05, 0.1) is 6.61 Å². The molecular formula is C14H28N2O. The molecule has 3 heteroatoms. The van der Waals surface area contributed by atoms with Gasteiger partial charge in [0, 0.05) is 25.2 Å². The molecule has 2 fully saturated rings. The van der Waals surface area contributed by atoms with Gasteiger partial charge >= 0.3 is 0 Å². The second kappa shape index (κ2) is 6.17. The molecule has 0 aliphatic carbocycles. The largest absolute Gasteiger partial charge is 0.383 e. The smallest absolute Gasteiger partial charge is 0.0620 e. The summed E-state index contributed by atoms with van der Waals surface area (Å²) in [5, 5.41) is 3.68. The van der Waals surface area contributed by atoms with Crippen LogP contribution in [-0.4, -0.2) is 49.8 Å². The van der Waals surface area contributed by atoms with Crippen LogP contribution in [0.25, 0.3) is 0 Å². The summed E-state index contributed by atoms with van der Waals surface area (Å²) in [6.45, 7) is 7.99. The summed E-state index contributed by atoms with van der Waals surface area (Å²) in [4.78, 5) is 2.72. The van der Waals surface area contributed by atoms with Crippen molar-refractivity contribution in [3.8, 4) is 0 Å². The highest BCUT2D eigenvalue weighted by Crippen LogP contribution is 2.29. The molecule has 3 nitrogen and oxygen atoms in total. The molecule has 0 aromatic carbocycles. The number of ether oxygens (including phenoxy) is 1. The molecular weight excluding hydrogens is 212 g/mol. The highest BCUT2D eigenvalue weighted by molar-refractivity contribution is 4.95. The van der Waals surface area contributed by atoms with Crippen LogP contribution in [0.2, 0.25) is 0 Å². The van der Waals surface area contributed by atoms with Crippen LogP contribution in [0.3, 0.4) is 0 Å². The first-order chi connectivity index (χ1) is 8.24. The van der Waals surface area contributed by atoms with Crippen molar-refractivity contribution in [3.63, 3.8) is 0 Å². The van der Waals surface area contributed by atoms with Gasteiger partial charge in [0.25, 0.3) is 0 Å². The second-order valence-electron chi connectivity index (χ2n) is 5.92. The Hall–Kier alpha value is -0.120. The van der Waals surface area contributed by atoms with Crippen LogP contribution in [0.15, 0.2) is 0 Å². The normalized spacial score (nSPS) is 32.5. The van der Waals surface area contributed by atoms with Crippen LogP contribution >= 0.6 is 0 Å². The molecule has 100 valence electrons. The van der Waals surface area contributed by atoms with Gasteiger partial charge in [-0.3, -0.25) is 4.90 Å². The van der Waals surface area contributed by atoms with Gasteiger partial charge in [0.1, 0.15) is 0 Å². The molecule has 3 unspecified atom stereocenters. The number of likely N-dealkylation sites (tertiary alicyclic amines) is 1. The van der Waals surface area contributed by atoms with E-state index in [1.165, 1.54) is 38.8 Å². The lowest BCUT2D eigenvalue weighted by Crippen LogP contribution is -2.51. The van der Waals surface area contributed by atoms with Crippen molar-refractivity contribution >= 4 is 0 Å². The van der Waals surface area contributed by atoms with Crippen LogP contribution in [-0.2, 0) is 4.74 Å². The minimum absolute atomic E-state index is 0.592. The summed E-state index contributed by atoms with van der Waals surface area (Å²) in [7, 11) is 1.83. The fourth-order valence-electron chi connectivity index (χ4n) is 3.54.